The molecule has 3 aliphatic heterocycles. The molecule has 0 radical (unpaired) electrons. The van der Waals surface area contributed by atoms with Gasteiger partial charge in [0.05, 0.1) is 18.1 Å². The van der Waals surface area contributed by atoms with Crippen LogP contribution in [0.2, 0.25) is 5.02 Å². The number of sulfonamides is 1. The molecule has 1 aromatic rings. The molecule has 0 bridgehead atoms. The molecule has 3 heterocycles. The highest BCUT2D eigenvalue weighted by Crippen LogP contribution is 2.40. The maximum absolute atomic E-state index is 13.0. The van der Waals surface area contributed by atoms with Gasteiger partial charge in [0.15, 0.2) is 12.1 Å². The van der Waals surface area contributed by atoms with Gasteiger partial charge in [0.1, 0.15) is 24.4 Å². The summed E-state index contributed by atoms with van der Waals surface area (Å²) < 4.78 is 63.5. The van der Waals surface area contributed by atoms with E-state index >= 15 is 0 Å². The van der Waals surface area contributed by atoms with Crippen molar-refractivity contribution in [2.75, 3.05) is 39.5 Å². The van der Waals surface area contributed by atoms with Crippen LogP contribution in [0.5, 0.6) is 0 Å². The zero-order valence-corrected chi connectivity index (χ0v) is 25.0. The third-order valence-corrected chi connectivity index (χ3v) is 8.67. The maximum atomic E-state index is 13.0. The SMILES string of the molecule is CCCCCCCO[C@@H]1[C@H]2OC(C)(C)O[C@H]2O[C@@H]1C(CN1CCOCC1)OC(=O)NS(=O)(=O)c1ccc(Cl)cc1. The van der Waals surface area contributed by atoms with Crippen molar-refractivity contribution >= 4 is 27.7 Å². The molecule has 3 saturated heterocycles. The number of nitrogens with one attached hydrogen (secondary N) is 1. The Balaban J connectivity index is 1.49. The molecule has 0 aromatic heterocycles. The molecule has 1 N–H and O–H groups in total. The molecular formula is C27H41ClN2O9S. The van der Waals surface area contributed by atoms with Crippen molar-refractivity contribution in [3.8, 4) is 0 Å². The van der Waals surface area contributed by atoms with Gasteiger partial charge in [0.2, 0.25) is 0 Å². The normalized spacial score (nSPS) is 27.3. The van der Waals surface area contributed by atoms with Crippen molar-refractivity contribution in [2.45, 2.75) is 94.3 Å². The van der Waals surface area contributed by atoms with Crippen LogP contribution in [0.15, 0.2) is 29.2 Å². The Morgan fingerprint density at radius 3 is 2.52 bits per heavy atom. The lowest BCUT2D eigenvalue weighted by molar-refractivity contribution is -0.230. The summed E-state index contributed by atoms with van der Waals surface area (Å²) in [6, 6.07) is 5.48. The van der Waals surface area contributed by atoms with Crippen LogP contribution in [0, 0.1) is 0 Å². The highest BCUT2D eigenvalue weighted by atomic mass is 35.5. The molecule has 13 heteroatoms. The summed E-state index contributed by atoms with van der Waals surface area (Å²) in [6.07, 6.45) is 0.843. The lowest BCUT2D eigenvalue weighted by atomic mass is 10.0. The number of halogens is 1. The van der Waals surface area contributed by atoms with Gasteiger partial charge in [-0.05, 0) is 44.5 Å². The summed E-state index contributed by atoms with van der Waals surface area (Å²) in [6.45, 7) is 8.91. The Bertz CT molecular complexity index is 1070. The van der Waals surface area contributed by atoms with Crippen molar-refractivity contribution < 1.29 is 41.6 Å². The number of rotatable bonds is 13. The average Bonchev–Trinajstić information content (AvgIpc) is 3.38. The van der Waals surface area contributed by atoms with Gasteiger partial charge in [-0.15, -0.1) is 0 Å². The first-order valence-corrected chi connectivity index (χ1v) is 15.9. The van der Waals surface area contributed by atoms with Crippen molar-refractivity contribution in [1.29, 1.82) is 0 Å². The number of amides is 1. The van der Waals surface area contributed by atoms with E-state index in [4.69, 9.17) is 40.0 Å². The first kappa shape index (κ1) is 31.4. The Labute approximate surface area is 241 Å². The number of carbonyl (C=O) groups is 1. The Morgan fingerprint density at radius 2 is 1.82 bits per heavy atom. The van der Waals surface area contributed by atoms with E-state index in [-0.39, 0.29) is 4.90 Å². The molecule has 3 fully saturated rings. The van der Waals surface area contributed by atoms with Crippen LogP contribution in [-0.4, -0.2) is 95.4 Å². The maximum Gasteiger partial charge on any atom is 0.421 e. The minimum Gasteiger partial charge on any atom is -0.441 e. The lowest BCUT2D eigenvalue weighted by Crippen LogP contribution is -2.52. The summed E-state index contributed by atoms with van der Waals surface area (Å²) in [5.41, 5.74) is 0. The van der Waals surface area contributed by atoms with Gasteiger partial charge in [-0.2, -0.15) is 0 Å². The predicted octanol–water partition coefficient (Wildman–Crippen LogP) is 3.69. The Hall–Kier alpha value is -1.51. The summed E-state index contributed by atoms with van der Waals surface area (Å²) in [4.78, 5) is 15.0. The second kappa shape index (κ2) is 14.1. The van der Waals surface area contributed by atoms with E-state index < -0.39 is 52.6 Å². The molecule has 40 heavy (non-hydrogen) atoms. The minimum atomic E-state index is -4.19. The zero-order valence-electron chi connectivity index (χ0n) is 23.4. The van der Waals surface area contributed by atoms with Crippen LogP contribution in [0.4, 0.5) is 4.79 Å². The van der Waals surface area contributed by atoms with Crippen molar-refractivity contribution in [3.63, 3.8) is 0 Å². The molecule has 5 atom stereocenters. The van der Waals surface area contributed by atoms with Gasteiger partial charge in [0.25, 0.3) is 10.0 Å². The van der Waals surface area contributed by atoms with Crippen LogP contribution in [0.25, 0.3) is 0 Å². The molecule has 0 aliphatic carbocycles. The standard InChI is InChI=1S/C27H41ClN2O9S/c1-4-5-6-7-8-15-35-23-22(37-25-24(23)38-27(2,3)39-25)21(18-30-13-16-34-17-14-30)36-26(31)29-40(32,33)20-11-9-19(28)10-12-20/h9-12,21-25H,4-8,13-18H2,1-3H3,(H,29,31)/t21?,22-,23+,24-,25-/m1/s1. The largest absolute Gasteiger partial charge is 0.441 e. The van der Waals surface area contributed by atoms with E-state index in [1.54, 1.807) is 0 Å². The number of unbranched alkanes of at least 4 members (excludes halogenated alkanes) is 4. The van der Waals surface area contributed by atoms with Gasteiger partial charge in [-0.1, -0.05) is 44.2 Å². The molecule has 0 saturated carbocycles. The number of morpholine rings is 1. The number of carbonyl (C=O) groups excluding carboxylic acids is 1. The highest BCUT2D eigenvalue weighted by molar-refractivity contribution is 7.90. The number of hydrogen-bond acceptors (Lipinski definition) is 10. The fraction of sp³-hybridized carbons (Fsp3) is 0.741. The monoisotopic (exact) mass is 604 g/mol. The molecule has 0 spiro atoms. The number of ether oxygens (including phenoxy) is 6. The van der Waals surface area contributed by atoms with Crippen LogP contribution >= 0.6 is 11.6 Å². The summed E-state index contributed by atoms with van der Waals surface area (Å²) in [5.74, 6) is -0.854. The third kappa shape index (κ3) is 8.51. The average molecular weight is 605 g/mol. The topological polar surface area (TPSA) is 122 Å². The number of hydrogen-bond donors (Lipinski definition) is 1. The molecule has 1 aromatic carbocycles. The minimum absolute atomic E-state index is 0.112. The lowest BCUT2D eigenvalue weighted by Gasteiger charge is -2.35. The van der Waals surface area contributed by atoms with E-state index in [1.807, 2.05) is 18.6 Å². The molecule has 1 amide bonds. The second-order valence-corrected chi connectivity index (χ2v) is 12.9. The van der Waals surface area contributed by atoms with Crippen molar-refractivity contribution in [3.05, 3.63) is 29.3 Å². The van der Waals surface area contributed by atoms with Crippen molar-refractivity contribution in [1.82, 2.24) is 9.62 Å². The van der Waals surface area contributed by atoms with E-state index in [1.165, 1.54) is 30.7 Å². The van der Waals surface area contributed by atoms with Gasteiger partial charge in [-0.3, -0.25) is 4.90 Å². The quantitative estimate of drug-likeness (QED) is 0.334. The van der Waals surface area contributed by atoms with E-state index in [9.17, 15) is 13.2 Å². The molecular weight excluding hydrogens is 564 g/mol. The fourth-order valence-electron chi connectivity index (χ4n) is 5.11. The first-order valence-electron chi connectivity index (χ1n) is 14.0. The summed E-state index contributed by atoms with van der Waals surface area (Å²) in [5, 5.41) is 0.375. The van der Waals surface area contributed by atoms with Gasteiger partial charge >= 0.3 is 6.09 Å². The van der Waals surface area contributed by atoms with Gasteiger partial charge in [-0.25, -0.2) is 17.9 Å². The third-order valence-electron chi connectivity index (χ3n) is 7.09. The van der Waals surface area contributed by atoms with Crippen LogP contribution in [0.3, 0.4) is 0 Å². The Kier molecular flexibility index (Phi) is 11.1. The number of nitrogens with zero attached hydrogens (tertiary/aromatic N) is 1. The molecule has 3 aliphatic rings. The summed E-state index contributed by atoms with van der Waals surface area (Å²) >= 11 is 5.87. The second-order valence-electron chi connectivity index (χ2n) is 10.7. The number of benzene rings is 1. The number of fused-ring (bicyclic) bond motifs is 1. The van der Waals surface area contributed by atoms with Crippen LogP contribution in [0.1, 0.15) is 52.9 Å². The van der Waals surface area contributed by atoms with Crippen LogP contribution in [-0.2, 0) is 38.4 Å². The van der Waals surface area contributed by atoms with Gasteiger partial charge in [0, 0.05) is 31.3 Å². The van der Waals surface area contributed by atoms with E-state index in [0.29, 0.717) is 44.5 Å². The first-order chi connectivity index (χ1) is 19.1. The highest BCUT2D eigenvalue weighted by Gasteiger charge is 2.58. The van der Waals surface area contributed by atoms with Crippen molar-refractivity contribution in [2.24, 2.45) is 0 Å². The van der Waals surface area contributed by atoms with E-state index in [2.05, 4.69) is 11.8 Å². The predicted molar refractivity (Wildman–Crippen MR) is 146 cm³/mol. The molecule has 226 valence electrons. The van der Waals surface area contributed by atoms with E-state index in [0.717, 1.165) is 25.7 Å². The molecule has 11 nitrogen and oxygen atoms in total. The Morgan fingerprint density at radius 1 is 1.12 bits per heavy atom. The molecule has 1 unspecified atom stereocenters. The zero-order chi connectivity index (χ0) is 28.8. The van der Waals surface area contributed by atoms with Crippen LogP contribution < -0.4 is 4.72 Å². The summed E-state index contributed by atoms with van der Waals surface area (Å²) in [7, 11) is -4.19. The smallest absolute Gasteiger partial charge is 0.421 e. The molecule has 4 rings (SSSR count). The fourth-order valence-corrected chi connectivity index (χ4v) is 6.11. The van der Waals surface area contributed by atoms with Gasteiger partial charge < -0.3 is 28.4 Å².